The quantitative estimate of drug-likeness (QED) is 0.406. The number of halogens is 3. The summed E-state index contributed by atoms with van der Waals surface area (Å²) in [5, 5.41) is 8.45. The number of aryl methyl sites for hydroxylation is 1. The number of nitrogens with one attached hydrogen (secondary N) is 1. The summed E-state index contributed by atoms with van der Waals surface area (Å²) in [4.78, 5) is 16.1. The second-order valence-corrected chi connectivity index (χ2v) is 10.4. The summed E-state index contributed by atoms with van der Waals surface area (Å²) in [6.45, 7) is 5.04. The lowest BCUT2D eigenvalue weighted by molar-refractivity contribution is 0.341. The van der Waals surface area contributed by atoms with Crippen molar-refractivity contribution in [3.05, 3.63) is 46.1 Å². The molecule has 3 heterocycles. The Hall–Kier alpha value is -2.27. The monoisotopic (exact) mass is 505 g/mol. The van der Waals surface area contributed by atoms with Gasteiger partial charge in [0.15, 0.2) is 5.65 Å². The molecule has 4 rings (SSSR count). The molecule has 0 bridgehead atoms. The predicted molar refractivity (Wildman–Crippen MR) is 122 cm³/mol. The molecule has 1 aromatic carbocycles. The minimum absolute atomic E-state index is 0.204. The highest BCUT2D eigenvalue weighted by molar-refractivity contribution is 8.31. The highest BCUT2D eigenvalue weighted by Gasteiger charge is 2.22. The van der Waals surface area contributed by atoms with Crippen LogP contribution in [0.2, 0.25) is 5.02 Å². The van der Waals surface area contributed by atoms with Gasteiger partial charge in [0.05, 0.1) is 22.8 Å². The fraction of sp³-hybridized carbons (Fsp3) is 0.278. The van der Waals surface area contributed by atoms with Crippen LogP contribution in [0, 0.1) is 0 Å². The standard InChI is InChI=1S/C18H18ClN5O2.Cl2O2S/c1-3-9-23-16-13(19)14(11-7-5-6-8-12(11)26-4-2)21-15(16)17-22-20-10-24(17)18(23)25;1-5(2,3)4/h5-8,10,21H,3-4,9H2,1-2H3;. The lowest BCUT2D eigenvalue weighted by atomic mass is 10.1. The smallest absolute Gasteiger partial charge is 0.335 e. The Morgan fingerprint density at radius 3 is 2.52 bits per heavy atom. The van der Waals surface area contributed by atoms with E-state index in [4.69, 9.17) is 24.8 Å². The Morgan fingerprint density at radius 2 is 1.87 bits per heavy atom. The van der Waals surface area contributed by atoms with Gasteiger partial charge in [-0.15, -0.1) is 10.2 Å². The number of H-pyrrole nitrogens is 1. The van der Waals surface area contributed by atoms with E-state index in [1.54, 1.807) is 4.57 Å². The third-order valence-electron chi connectivity index (χ3n) is 4.30. The molecular weight excluding hydrogens is 489 g/mol. The molecule has 0 unspecified atom stereocenters. The number of fused-ring (bicyclic) bond motifs is 3. The van der Waals surface area contributed by atoms with E-state index in [-0.39, 0.29) is 5.69 Å². The van der Waals surface area contributed by atoms with Crippen LogP contribution in [0.4, 0.5) is 0 Å². The minimum Gasteiger partial charge on any atom is -0.493 e. The van der Waals surface area contributed by atoms with Gasteiger partial charge in [0, 0.05) is 33.5 Å². The zero-order valence-corrected chi connectivity index (χ0v) is 19.6. The van der Waals surface area contributed by atoms with Crippen LogP contribution in [0.25, 0.3) is 27.9 Å². The number of ether oxygens (including phenoxy) is 1. The minimum atomic E-state index is -3.72. The molecule has 0 aliphatic carbocycles. The van der Waals surface area contributed by atoms with Gasteiger partial charge in [-0.1, -0.05) is 30.7 Å². The molecule has 0 amide bonds. The van der Waals surface area contributed by atoms with Crippen LogP contribution in [-0.2, 0) is 14.8 Å². The summed E-state index contributed by atoms with van der Waals surface area (Å²) in [6.07, 6.45) is 2.22. The lowest BCUT2D eigenvalue weighted by Crippen LogP contribution is -2.26. The summed E-state index contributed by atoms with van der Waals surface area (Å²) in [6, 6.07) is 7.66. The fourth-order valence-electron chi connectivity index (χ4n) is 3.22. The van der Waals surface area contributed by atoms with Crippen LogP contribution in [0.3, 0.4) is 0 Å². The first kappa shape index (κ1) is 23.4. The summed E-state index contributed by atoms with van der Waals surface area (Å²) in [7, 11) is 4.81. The third kappa shape index (κ3) is 4.98. The number of hydrogen-bond acceptors (Lipinski definition) is 6. The fourth-order valence-corrected chi connectivity index (χ4v) is 3.57. The molecule has 166 valence electrons. The molecule has 0 atom stereocenters. The molecule has 0 radical (unpaired) electrons. The van der Waals surface area contributed by atoms with Crippen LogP contribution < -0.4 is 10.4 Å². The molecule has 0 saturated carbocycles. The van der Waals surface area contributed by atoms with Gasteiger partial charge < -0.3 is 9.72 Å². The second kappa shape index (κ2) is 9.47. The summed E-state index contributed by atoms with van der Waals surface area (Å²) in [5.74, 6) is 0.727. The lowest BCUT2D eigenvalue weighted by Gasteiger charge is -2.09. The predicted octanol–water partition coefficient (Wildman–Crippen LogP) is 4.21. The molecule has 4 aromatic rings. The number of rotatable bonds is 5. The Morgan fingerprint density at radius 1 is 1.19 bits per heavy atom. The summed E-state index contributed by atoms with van der Waals surface area (Å²) >= 11 is 6.74. The third-order valence-corrected chi connectivity index (χ3v) is 4.66. The van der Waals surface area contributed by atoms with Crippen molar-refractivity contribution in [2.24, 2.45) is 0 Å². The van der Waals surface area contributed by atoms with Crippen molar-refractivity contribution in [2.45, 2.75) is 26.8 Å². The van der Waals surface area contributed by atoms with Crippen molar-refractivity contribution in [1.29, 1.82) is 0 Å². The number of para-hydroxylation sites is 1. The van der Waals surface area contributed by atoms with E-state index in [9.17, 15) is 4.79 Å². The van der Waals surface area contributed by atoms with Crippen molar-refractivity contribution >= 4 is 57.9 Å². The van der Waals surface area contributed by atoms with Crippen LogP contribution in [0.5, 0.6) is 5.75 Å². The Kier molecular flexibility index (Phi) is 7.15. The molecule has 0 saturated heterocycles. The van der Waals surface area contributed by atoms with E-state index < -0.39 is 8.26 Å². The molecule has 0 spiro atoms. The van der Waals surface area contributed by atoms with E-state index in [2.05, 4.69) is 36.5 Å². The Balaban J connectivity index is 0.000000491. The van der Waals surface area contributed by atoms with Crippen LogP contribution in [-0.4, -0.2) is 39.2 Å². The first-order valence-electron chi connectivity index (χ1n) is 9.17. The van der Waals surface area contributed by atoms with Crippen molar-refractivity contribution in [3.8, 4) is 17.0 Å². The van der Waals surface area contributed by atoms with Crippen molar-refractivity contribution < 1.29 is 13.2 Å². The first-order valence-corrected chi connectivity index (χ1v) is 12.7. The van der Waals surface area contributed by atoms with E-state index in [1.165, 1.54) is 10.7 Å². The SMILES string of the molecule is CCCn1c(=O)n2cnnc2c2[nH]c(-c3ccccc3OCC)c(Cl)c21.O=S(=O)(Cl)Cl. The maximum atomic E-state index is 12.8. The molecule has 3 aromatic heterocycles. The van der Waals surface area contributed by atoms with Gasteiger partial charge in [0.1, 0.15) is 17.6 Å². The van der Waals surface area contributed by atoms with Crippen LogP contribution in [0.15, 0.2) is 35.4 Å². The van der Waals surface area contributed by atoms with Gasteiger partial charge in [-0.3, -0.25) is 4.57 Å². The van der Waals surface area contributed by atoms with E-state index >= 15 is 0 Å². The maximum Gasteiger partial charge on any atom is 0.335 e. The zero-order chi connectivity index (χ0) is 22.8. The molecule has 0 aliphatic rings. The van der Waals surface area contributed by atoms with E-state index in [1.807, 2.05) is 38.1 Å². The van der Waals surface area contributed by atoms with Gasteiger partial charge in [-0.05, 0) is 25.5 Å². The average molecular weight is 507 g/mol. The average Bonchev–Trinajstić information content (AvgIpc) is 3.30. The maximum absolute atomic E-state index is 12.8. The van der Waals surface area contributed by atoms with Gasteiger partial charge in [-0.2, -0.15) is 8.42 Å². The number of benzene rings is 1. The largest absolute Gasteiger partial charge is 0.493 e. The Labute approximate surface area is 191 Å². The van der Waals surface area contributed by atoms with Gasteiger partial charge in [0.2, 0.25) is 0 Å². The highest BCUT2D eigenvalue weighted by atomic mass is 36.0. The second-order valence-electron chi connectivity index (χ2n) is 6.30. The van der Waals surface area contributed by atoms with Crippen molar-refractivity contribution in [3.63, 3.8) is 0 Å². The van der Waals surface area contributed by atoms with Gasteiger partial charge in [-0.25, -0.2) is 9.20 Å². The zero-order valence-electron chi connectivity index (χ0n) is 16.5. The molecule has 0 aliphatic heterocycles. The molecule has 1 N–H and O–H groups in total. The normalized spacial score (nSPS) is 11.5. The van der Waals surface area contributed by atoms with Crippen molar-refractivity contribution in [2.75, 3.05) is 6.61 Å². The number of aromatic amines is 1. The van der Waals surface area contributed by atoms with E-state index in [0.717, 1.165) is 17.7 Å². The molecule has 31 heavy (non-hydrogen) atoms. The highest BCUT2D eigenvalue weighted by Crippen LogP contribution is 2.39. The number of hydrogen-bond donors (Lipinski definition) is 1. The Bertz CT molecular complexity index is 1390. The summed E-state index contributed by atoms with van der Waals surface area (Å²) in [5.41, 5.74) is 3.11. The van der Waals surface area contributed by atoms with Gasteiger partial charge >= 0.3 is 14.0 Å². The van der Waals surface area contributed by atoms with Gasteiger partial charge in [0.25, 0.3) is 0 Å². The van der Waals surface area contributed by atoms with Crippen molar-refractivity contribution in [1.82, 2.24) is 24.1 Å². The molecule has 0 fully saturated rings. The molecule has 9 nitrogen and oxygen atoms in total. The van der Waals surface area contributed by atoms with E-state index in [0.29, 0.717) is 40.5 Å². The number of aromatic nitrogens is 5. The molecule has 13 heteroatoms. The topological polar surface area (TPSA) is 111 Å². The summed E-state index contributed by atoms with van der Waals surface area (Å²) < 4.78 is 27.2. The van der Waals surface area contributed by atoms with Crippen LogP contribution in [0.1, 0.15) is 20.3 Å². The number of nitrogens with zero attached hydrogens (tertiary/aromatic N) is 4. The molecular formula is C18H18Cl3N5O4S. The first-order chi connectivity index (χ1) is 14.7. The van der Waals surface area contributed by atoms with Crippen LogP contribution >= 0.6 is 33.0 Å².